The summed E-state index contributed by atoms with van der Waals surface area (Å²) in [6.45, 7) is 1.42. The van der Waals surface area contributed by atoms with Gasteiger partial charge < -0.3 is 15.8 Å². The summed E-state index contributed by atoms with van der Waals surface area (Å²) in [6, 6.07) is 2.94. The van der Waals surface area contributed by atoms with Crippen LogP contribution in [0.4, 0.5) is 15.8 Å². The number of rotatable bonds is 2. The Bertz CT molecular complexity index is 380. The summed E-state index contributed by atoms with van der Waals surface area (Å²) in [4.78, 5) is 0. The summed E-state index contributed by atoms with van der Waals surface area (Å²) in [6.07, 6.45) is 2.01. The topological polar surface area (TPSA) is 47.3 Å². The Hall–Kier alpha value is -1.00. The summed E-state index contributed by atoms with van der Waals surface area (Å²) in [5, 5.41) is 3.21. The van der Waals surface area contributed by atoms with Crippen molar-refractivity contribution in [3.63, 3.8) is 0 Å². The Morgan fingerprint density at radius 1 is 1.50 bits per heavy atom. The third kappa shape index (κ3) is 2.57. The van der Waals surface area contributed by atoms with Gasteiger partial charge in [0.2, 0.25) is 0 Å². The van der Waals surface area contributed by atoms with Crippen molar-refractivity contribution in [1.82, 2.24) is 0 Å². The van der Waals surface area contributed by atoms with E-state index in [1.165, 1.54) is 12.1 Å². The van der Waals surface area contributed by atoms with Crippen LogP contribution in [0, 0.1) is 5.82 Å². The maximum Gasteiger partial charge on any atom is 0.143 e. The maximum atomic E-state index is 13.3. The molecule has 2 rings (SSSR count). The first-order chi connectivity index (χ1) is 7.66. The number of nitrogens with two attached hydrogens (primary N) is 1. The zero-order valence-electron chi connectivity index (χ0n) is 8.80. The number of ether oxygens (including phenoxy) is 1. The number of nitrogens with one attached hydrogen (secondary N) is 1. The molecule has 3 N–H and O–H groups in total. The molecule has 1 aliphatic heterocycles. The number of benzene rings is 1. The fourth-order valence-corrected chi connectivity index (χ4v) is 1.93. The predicted molar refractivity (Wildman–Crippen MR) is 63.3 cm³/mol. The van der Waals surface area contributed by atoms with Crippen LogP contribution in [0.5, 0.6) is 0 Å². The van der Waals surface area contributed by atoms with Crippen molar-refractivity contribution in [3.8, 4) is 0 Å². The van der Waals surface area contributed by atoms with Gasteiger partial charge in [0.05, 0.1) is 23.0 Å². The van der Waals surface area contributed by atoms with E-state index in [-0.39, 0.29) is 11.1 Å². The second-order valence-corrected chi connectivity index (χ2v) is 4.32. The SMILES string of the molecule is Nc1cc(Cl)c(F)cc1NC1CCCOC1. The average Bonchev–Trinajstić information content (AvgIpc) is 2.27. The Kier molecular flexibility index (Phi) is 3.51. The van der Waals surface area contributed by atoms with Crippen LogP contribution in [-0.2, 0) is 4.74 Å². The molecule has 0 radical (unpaired) electrons. The van der Waals surface area contributed by atoms with Crippen LogP contribution in [0.15, 0.2) is 12.1 Å². The van der Waals surface area contributed by atoms with Gasteiger partial charge in [0.1, 0.15) is 5.82 Å². The summed E-state index contributed by atoms with van der Waals surface area (Å²) >= 11 is 5.62. The molecule has 5 heteroatoms. The van der Waals surface area contributed by atoms with E-state index in [4.69, 9.17) is 22.1 Å². The van der Waals surface area contributed by atoms with Crippen LogP contribution in [0.3, 0.4) is 0 Å². The average molecular weight is 245 g/mol. The van der Waals surface area contributed by atoms with Gasteiger partial charge in [0.25, 0.3) is 0 Å². The molecule has 1 unspecified atom stereocenters. The van der Waals surface area contributed by atoms with Gasteiger partial charge in [-0.2, -0.15) is 0 Å². The molecule has 1 fully saturated rings. The molecule has 0 amide bonds. The number of anilines is 2. The molecular formula is C11H14ClFN2O. The third-order valence-electron chi connectivity index (χ3n) is 2.61. The second-order valence-electron chi connectivity index (χ2n) is 3.91. The fraction of sp³-hybridized carbons (Fsp3) is 0.455. The number of hydrogen-bond acceptors (Lipinski definition) is 3. The molecule has 0 aromatic heterocycles. The summed E-state index contributed by atoms with van der Waals surface area (Å²) < 4.78 is 18.6. The molecule has 1 aromatic rings. The number of halogens is 2. The van der Waals surface area contributed by atoms with Crippen LogP contribution >= 0.6 is 11.6 Å². The fourth-order valence-electron chi connectivity index (χ4n) is 1.76. The molecule has 0 bridgehead atoms. The Morgan fingerprint density at radius 2 is 2.31 bits per heavy atom. The minimum Gasteiger partial charge on any atom is -0.397 e. The van der Waals surface area contributed by atoms with Crippen LogP contribution in [0.2, 0.25) is 5.02 Å². The van der Waals surface area contributed by atoms with E-state index < -0.39 is 5.82 Å². The van der Waals surface area contributed by atoms with Crippen molar-refractivity contribution in [2.45, 2.75) is 18.9 Å². The van der Waals surface area contributed by atoms with Gasteiger partial charge >= 0.3 is 0 Å². The van der Waals surface area contributed by atoms with Gasteiger partial charge in [-0.1, -0.05) is 11.6 Å². The Balaban J connectivity index is 2.11. The summed E-state index contributed by atoms with van der Waals surface area (Å²) in [5.41, 5.74) is 6.79. The highest BCUT2D eigenvalue weighted by Gasteiger charge is 2.15. The van der Waals surface area contributed by atoms with Crippen molar-refractivity contribution in [2.24, 2.45) is 0 Å². The van der Waals surface area contributed by atoms with E-state index in [1.807, 2.05) is 0 Å². The van der Waals surface area contributed by atoms with Gasteiger partial charge in [-0.3, -0.25) is 0 Å². The minimum absolute atomic E-state index is 0.0444. The maximum absolute atomic E-state index is 13.3. The van der Waals surface area contributed by atoms with Crippen molar-refractivity contribution in [3.05, 3.63) is 23.0 Å². The molecular weight excluding hydrogens is 231 g/mol. The molecule has 0 aliphatic carbocycles. The third-order valence-corrected chi connectivity index (χ3v) is 2.90. The molecule has 1 atom stereocenters. The predicted octanol–water partition coefficient (Wildman–Crippen LogP) is 2.65. The molecule has 1 saturated heterocycles. The van der Waals surface area contributed by atoms with E-state index in [2.05, 4.69) is 5.32 Å². The molecule has 0 saturated carbocycles. The van der Waals surface area contributed by atoms with Gasteiger partial charge in [0.15, 0.2) is 0 Å². The number of hydrogen-bond donors (Lipinski definition) is 2. The van der Waals surface area contributed by atoms with E-state index in [0.29, 0.717) is 18.0 Å². The molecule has 1 heterocycles. The molecule has 16 heavy (non-hydrogen) atoms. The zero-order chi connectivity index (χ0) is 11.5. The zero-order valence-corrected chi connectivity index (χ0v) is 9.56. The van der Waals surface area contributed by atoms with Crippen molar-refractivity contribution >= 4 is 23.0 Å². The lowest BCUT2D eigenvalue weighted by Gasteiger charge is -2.24. The second kappa shape index (κ2) is 4.89. The van der Waals surface area contributed by atoms with Crippen LogP contribution < -0.4 is 11.1 Å². The molecule has 1 aromatic carbocycles. The van der Waals surface area contributed by atoms with E-state index in [1.54, 1.807) is 0 Å². The minimum atomic E-state index is -0.463. The smallest absolute Gasteiger partial charge is 0.143 e. The number of nitrogen functional groups attached to an aromatic ring is 1. The van der Waals surface area contributed by atoms with Crippen molar-refractivity contribution in [1.29, 1.82) is 0 Å². The van der Waals surface area contributed by atoms with Gasteiger partial charge in [0, 0.05) is 18.7 Å². The first kappa shape index (κ1) is 11.5. The summed E-state index contributed by atoms with van der Waals surface area (Å²) in [5.74, 6) is -0.463. The van der Waals surface area contributed by atoms with E-state index in [0.717, 1.165) is 19.4 Å². The van der Waals surface area contributed by atoms with Gasteiger partial charge in [-0.25, -0.2) is 4.39 Å². The van der Waals surface area contributed by atoms with Crippen LogP contribution in [0.1, 0.15) is 12.8 Å². The first-order valence-corrected chi connectivity index (χ1v) is 5.63. The molecule has 88 valence electrons. The van der Waals surface area contributed by atoms with Gasteiger partial charge in [-0.05, 0) is 18.9 Å². The molecule has 3 nitrogen and oxygen atoms in total. The lowest BCUT2D eigenvalue weighted by atomic mass is 10.1. The molecule has 1 aliphatic rings. The lowest BCUT2D eigenvalue weighted by molar-refractivity contribution is 0.0876. The highest BCUT2D eigenvalue weighted by Crippen LogP contribution is 2.27. The van der Waals surface area contributed by atoms with Gasteiger partial charge in [-0.15, -0.1) is 0 Å². The summed E-state index contributed by atoms with van der Waals surface area (Å²) in [7, 11) is 0. The quantitative estimate of drug-likeness (QED) is 0.787. The van der Waals surface area contributed by atoms with E-state index in [9.17, 15) is 4.39 Å². The lowest BCUT2D eigenvalue weighted by Crippen LogP contribution is -2.30. The largest absolute Gasteiger partial charge is 0.397 e. The highest BCUT2D eigenvalue weighted by molar-refractivity contribution is 6.31. The van der Waals surface area contributed by atoms with Crippen molar-refractivity contribution in [2.75, 3.05) is 24.3 Å². The normalized spacial score (nSPS) is 20.8. The monoisotopic (exact) mass is 244 g/mol. The van der Waals surface area contributed by atoms with Crippen molar-refractivity contribution < 1.29 is 9.13 Å². The Labute approximate surface area is 98.7 Å². The highest BCUT2D eigenvalue weighted by atomic mass is 35.5. The van der Waals surface area contributed by atoms with E-state index >= 15 is 0 Å². The van der Waals surface area contributed by atoms with Crippen LogP contribution in [0.25, 0.3) is 0 Å². The molecule has 0 spiro atoms. The first-order valence-electron chi connectivity index (χ1n) is 5.25. The standard InChI is InChI=1S/C11H14ClFN2O/c12-8-4-10(14)11(5-9(8)13)15-7-2-1-3-16-6-7/h4-5,7,15H,1-3,6,14H2. The Morgan fingerprint density at radius 3 is 3.00 bits per heavy atom. The van der Waals surface area contributed by atoms with Crippen LogP contribution in [-0.4, -0.2) is 19.3 Å².